The minimum absolute atomic E-state index is 0.0470. The van der Waals surface area contributed by atoms with E-state index in [1.165, 1.54) is 43.8 Å². The summed E-state index contributed by atoms with van der Waals surface area (Å²) >= 11 is 6.13. The third kappa shape index (κ3) is 4.49. The first-order valence-electron chi connectivity index (χ1n) is 9.40. The molecule has 10 nitrogen and oxygen atoms in total. The normalized spacial score (nSPS) is 13.9. The summed E-state index contributed by atoms with van der Waals surface area (Å²) in [5, 5.41) is 2.51. The van der Waals surface area contributed by atoms with Crippen LogP contribution < -0.4 is 19.7 Å². The number of anilines is 3. The third-order valence-corrected chi connectivity index (χ3v) is 6.28. The van der Waals surface area contributed by atoms with Gasteiger partial charge in [-0.25, -0.2) is 28.0 Å². The molecule has 0 bridgehead atoms. The first kappa shape index (κ1) is 22.2. The van der Waals surface area contributed by atoms with Gasteiger partial charge in [0.15, 0.2) is 0 Å². The van der Waals surface area contributed by atoms with Crippen LogP contribution in [0, 0.1) is 0 Å². The molecule has 2 N–H and O–H groups in total. The van der Waals surface area contributed by atoms with E-state index in [0.29, 0.717) is 17.1 Å². The van der Waals surface area contributed by atoms with Gasteiger partial charge in [0.25, 0.3) is 21.8 Å². The number of aromatic nitrogens is 2. The molecule has 1 aromatic heterocycles. The van der Waals surface area contributed by atoms with Crippen LogP contribution in [0.2, 0.25) is 0 Å². The van der Waals surface area contributed by atoms with Gasteiger partial charge in [-0.2, -0.15) is 0 Å². The quantitative estimate of drug-likeness (QED) is 0.488. The Balaban J connectivity index is 1.51. The highest BCUT2D eigenvalue weighted by Gasteiger charge is 2.39. The van der Waals surface area contributed by atoms with E-state index in [1.54, 1.807) is 30.3 Å². The van der Waals surface area contributed by atoms with Crippen molar-refractivity contribution in [3.05, 3.63) is 77.7 Å². The summed E-state index contributed by atoms with van der Waals surface area (Å²) in [7, 11) is -2.42. The number of methoxy groups -OCH3 is 1. The average molecular weight is 486 g/mol. The van der Waals surface area contributed by atoms with Crippen molar-refractivity contribution >= 4 is 50.8 Å². The monoisotopic (exact) mass is 485 g/mol. The van der Waals surface area contributed by atoms with Crippen LogP contribution in [0.15, 0.2) is 82.6 Å². The zero-order valence-corrected chi connectivity index (χ0v) is 18.6. The number of rotatable bonds is 7. The van der Waals surface area contributed by atoms with Gasteiger partial charge in [0, 0.05) is 18.1 Å². The molecular formula is C21H16ClN5O5S. The summed E-state index contributed by atoms with van der Waals surface area (Å²) in [5.74, 6) is -0.820. The number of halogens is 1. The SMILES string of the molecule is COc1ccc(N2C(=O)C(Cl)=C(Nc3ccc(S(=O)(=O)Nc4ncccn4)cc3)C2=O)cc1. The van der Waals surface area contributed by atoms with Crippen LogP contribution in [0.3, 0.4) is 0 Å². The van der Waals surface area contributed by atoms with E-state index in [-0.39, 0.29) is 21.6 Å². The van der Waals surface area contributed by atoms with Crippen molar-refractivity contribution in [2.75, 3.05) is 22.0 Å². The molecule has 1 aliphatic heterocycles. The maximum absolute atomic E-state index is 12.9. The molecule has 4 rings (SSSR count). The molecule has 2 amide bonds. The third-order valence-electron chi connectivity index (χ3n) is 4.58. The second-order valence-electron chi connectivity index (χ2n) is 6.66. The molecule has 3 aromatic rings. The Labute approximate surface area is 193 Å². The van der Waals surface area contributed by atoms with E-state index >= 15 is 0 Å². The molecule has 0 radical (unpaired) electrons. The van der Waals surface area contributed by atoms with Gasteiger partial charge in [0.05, 0.1) is 17.7 Å². The number of ether oxygens (including phenoxy) is 1. The van der Waals surface area contributed by atoms with Crippen molar-refractivity contribution in [2.24, 2.45) is 0 Å². The van der Waals surface area contributed by atoms with Crippen molar-refractivity contribution in [1.29, 1.82) is 0 Å². The van der Waals surface area contributed by atoms with Crippen LogP contribution in [0.1, 0.15) is 0 Å². The average Bonchev–Trinajstić information content (AvgIpc) is 3.03. The van der Waals surface area contributed by atoms with E-state index in [0.717, 1.165) is 4.90 Å². The Morgan fingerprint density at radius 1 is 0.939 bits per heavy atom. The number of benzene rings is 2. The van der Waals surface area contributed by atoms with E-state index < -0.39 is 21.8 Å². The first-order valence-corrected chi connectivity index (χ1v) is 11.3. The highest BCUT2D eigenvalue weighted by molar-refractivity contribution is 7.92. The predicted octanol–water partition coefficient (Wildman–Crippen LogP) is 2.72. The van der Waals surface area contributed by atoms with Gasteiger partial charge >= 0.3 is 0 Å². The number of nitrogens with one attached hydrogen (secondary N) is 2. The first-order chi connectivity index (χ1) is 15.8. The lowest BCUT2D eigenvalue weighted by atomic mass is 10.2. The van der Waals surface area contributed by atoms with Crippen molar-refractivity contribution < 1.29 is 22.7 Å². The molecule has 2 heterocycles. The van der Waals surface area contributed by atoms with Crippen LogP contribution in [0.4, 0.5) is 17.3 Å². The van der Waals surface area contributed by atoms with E-state index in [4.69, 9.17) is 16.3 Å². The fourth-order valence-corrected chi connectivity index (χ4v) is 4.14. The van der Waals surface area contributed by atoms with Crippen LogP contribution in [-0.2, 0) is 19.6 Å². The molecular weight excluding hydrogens is 470 g/mol. The Kier molecular flexibility index (Phi) is 5.99. The molecule has 0 atom stereocenters. The summed E-state index contributed by atoms with van der Waals surface area (Å²) in [6.45, 7) is 0. The maximum atomic E-state index is 12.9. The zero-order chi connectivity index (χ0) is 23.6. The summed E-state index contributed by atoms with van der Waals surface area (Å²) in [4.78, 5) is 34.0. The standard InChI is InChI=1S/C21H16ClN5O5S/c1-32-15-7-5-14(6-8-15)27-19(28)17(22)18(20(27)29)25-13-3-9-16(10-4-13)33(30,31)26-21-23-11-2-12-24-21/h2-12,25H,1H3,(H,23,24,26). The van der Waals surface area contributed by atoms with Gasteiger partial charge in [-0.1, -0.05) is 11.6 Å². The molecule has 2 aromatic carbocycles. The molecule has 1 aliphatic rings. The molecule has 168 valence electrons. The zero-order valence-electron chi connectivity index (χ0n) is 17.0. The highest BCUT2D eigenvalue weighted by Crippen LogP contribution is 2.31. The van der Waals surface area contributed by atoms with Gasteiger partial charge in [0.2, 0.25) is 5.95 Å². The summed E-state index contributed by atoms with van der Waals surface area (Å²) in [5.41, 5.74) is 0.566. The van der Waals surface area contributed by atoms with Crippen LogP contribution >= 0.6 is 11.6 Å². The molecule has 33 heavy (non-hydrogen) atoms. The second-order valence-corrected chi connectivity index (χ2v) is 8.72. The molecule has 0 saturated carbocycles. The number of sulfonamides is 1. The maximum Gasteiger partial charge on any atom is 0.283 e. The van der Waals surface area contributed by atoms with Gasteiger partial charge in [-0.3, -0.25) is 9.59 Å². The van der Waals surface area contributed by atoms with E-state index in [1.807, 2.05) is 0 Å². The van der Waals surface area contributed by atoms with Crippen LogP contribution in [-0.4, -0.2) is 37.3 Å². The van der Waals surface area contributed by atoms with E-state index in [9.17, 15) is 18.0 Å². The number of carbonyl (C=O) groups is 2. The van der Waals surface area contributed by atoms with Gasteiger partial charge in [-0.05, 0) is 54.6 Å². The Bertz CT molecular complexity index is 1340. The smallest absolute Gasteiger partial charge is 0.283 e. The van der Waals surface area contributed by atoms with Crippen molar-refractivity contribution in [3.8, 4) is 5.75 Å². The number of imide groups is 1. The number of hydrogen-bond acceptors (Lipinski definition) is 8. The largest absolute Gasteiger partial charge is 0.497 e. The molecule has 12 heteroatoms. The Hall–Kier alpha value is -3.96. The van der Waals surface area contributed by atoms with Gasteiger partial charge in [-0.15, -0.1) is 0 Å². The highest BCUT2D eigenvalue weighted by atomic mass is 35.5. The lowest BCUT2D eigenvalue weighted by Gasteiger charge is -2.15. The fourth-order valence-electron chi connectivity index (χ4n) is 2.97. The Morgan fingerprint density at radius 2 is 1.58 bits per heavy atom. The minimum atomic E-state index is -3.92. The lowest BCUT2D eigenvalue weighted by Crippen LogP contribution is -2.32. The van der Waals surface area contributed by atoms with Gasteiger partial charge < -0.3 is 10.1 Å². The predicted molar refractivity (Wildman–Crippen MR) is 121 cm³/mol. The summed E-state index contributed by atoms with van der Waals surface area (Å²) < 4.78 is 32.3. The Morgan fingerprint density at radius 3 is 2.18 bits per heavy atom. The van der Waals surface area contributed by atoms with Crippen LogP contribution in [0.25, 0.3) is 0 Å². The van der Waals surface area contributed by atoms with Crippen LogP contribution in [0.5, 0.6) is 5.75 Å². The number of nitrogens with zero attached hydrogens (tertiary/aromatic N) is 3. The molecule has 0 unspecified atom stereocenters. The molecule has 0 spiro atoms. The number of carbonyl (C=O) groups excluding carboxylic acids is 2. The minimum Gasteiger partial charge on any atom is -0.497 e. The van der Waals surface area contributed by atoms with Crippen molar-refractivity contribution in [2.45, 2.75) is 4.90 Å². The molecule has 0 aliphatic carbocycles. The van der Waals surface area contributed by atoms with Crippen molar-refractivity contribution in [3.63, 3.8) is 0 Å². The fraction of sp³-hybridized carbons (Fsp3) is 0.0476. The summed E-state index contributed by atoms with van der Waals surface area (Å²) in [6, 6.07) is 13.4. The van der Waals surface area contributed by atoms with Crippen molar-refractivity contribution in [1.82, 2.24) is 9.97 Å². The summed E-state index contributed by atoms with van der Waals surface area (Å²) in [6.07, 6.45) is 2.81. The molecule has 0 fully saturated rings. The topological polar surface area (TPSA) is 131 Å². The van der Waals surface area contributed by atoms with E-state index in [2.05, 4.69) is 20.0 Å². The lowest BCUT2D eigenvalue weighted by molar-refractivity contribution is -0.120. The van der Waals surface area contributed by atoms with Gasteiger partial charge in [0.1, 0.15) is 16.5 Å². The second kappa shape index (κ2) is 8.88. The molecule has 0 saturated heterocycles. The number of hydrogen-bond donors (Lipinski definition) is 2. The number of amides is 2.